The summed E-state index contributed by atoms with van der Waals surface area (Å²) in [6.45, 7) is 2.19. The molecule has 0 amide bonds. The van der Waals surface area contributed by atoms with Crippen LogP contribution >= 0.6 is 15.9 Å². The first-order valence-corrected chi connectivity index (χ1v) is 5.71. The minimum absolute atomic E-state index is 0.141. The normalized spacial score (nSPS) is 14.9. The van der Waals surface area contributed by atoms with Crippen LogP contribution in [-0.2, 0) is 0 Å². The molecular weight excluding hydrogens is 258 g/mol. The van der Waals surface area contributed by atoms with Crippen molar-refractivity contribution in [2.75, 3.05) is 13.2 Å². The van der Waals surface area contributed by atoms with Gasteiger partial charge in [-0.15, -0.1) is 0 Å². The Balaban J connectivity index is 2.54. The molecule has 0 fully saturated rings. The van der Waals surface area contributed by atoms with E-state index in [0.29, 0.717) is 6.54 Å². The van der Waals surface area contributed by atoms with Gasteiger partial charge in [-0.05, 0) is 18.6 Å². The fraction of sp³-hybridized carbons (Fsp3) is 0.455. The molecule has 0 radical (unpaired) electrons. The molecule has 0 aliphatic heterocycles. The van der Waals surface area contributed by atoms with Crippen LogP contribution in [0.2, 0.25) is 0 Å². The van der Waals surface area contributed by atoms with Crippen molar-refractivity contribution >= 4 is 15.9 Å². The zero-order valence-electron chi connectivity index (χ0n) is 8.65. The average molecular weight is 274 g/mol. The van der Waals surface area contributed by atoms with Crippen molar-refractivity contribution in [1.29, 1.82) is 0 Å². The molecule has 0 saturated carbocycles. The van der Waals surface area contributed by atoms with Crippen LogP contribution in [0.25, 0.3) is 0 Å². The number of benzene rings is 1. The largest absolute Gasteiger partial charge is 0.394 e. The Morgan fingerprint density at radius 1 is 1.40 bits per heavy atom. The predicted octanol–water partition coefficient (Wildman–Crippen LogP) is 1.45. The summed E-state index contributed by atoms with van der Waals surface area (Å²) in [7, 11) is 0. The number of nitrogens with one attached hydrogen (secondary N) is 1. The van der Waals surface area contributed by atoms with Crippen LogP contribution < -0.4 is 5.32 Å². The minimum Gasteiger partial charge on any atom is -0.394 e. The molecule has 1 aromatic rings. The van der Waals surface area contributed by atoms with Crippen molar-refractivity contribution in [2.45, 2.75) is 19.1 Å². The molecule has 0 spiro atoms. The average Bonchev–Trinajstić information content (AvgIpc) is 2.26. The second kappa shape index (κ2) is 6.23. The third-order valence-corrected chi connectivity index (χ3v) is 2.96. The standard InChI is InChI=1S/C11H16BrNO2/c1-8(13-6-9(15)7-14)10-4-2-3-5-11(10)12/h2-5,8-9,13-15H,6-7H2,1H3/t8-,9-/m0/s1. The number of aliphatic hydroxyl groups excluding tert-OH is 2. The zero-order chi connectivity index (χ0) is 11.3. The highest BCUT2D eigenvalue weighted by Gasteiger charge is 2.09. The highest BCUT2D eigenvalue weighted by molar-refractivity contribution is 9.10. The summed E-state index contributed by atoms with van der Waals surface area (Å²) in [5.41, 5.74) is 1.14. The highest BCUT2D eigenvalue weighted by Crippen LogP contribution is 2.22. The number of halogens is 1. The summed E-state index contributed by atoms with van der Waals surface area (Å²) in [6, 6.07) is 8.08. The van der Waals surface area contributed by atoms with Crippen LogP contribution in [0.3, 0.4) is 0 Å². The van der Waals surface area contributed by atoms with Crippen LogP contribution in [-0.4, -0.2) is 29.5 Å². The lowest BCUT2D eigenvalue weighted by molar-refractivity contribution is 0.0923. The van der Waals surface area contributed by atoms with E-state index in [1.165, 1.54) is 0 Å². The zero-order valence-corrected chi connectivity index (χ0v) is 10.2. The number of rotatable bonds is 5. The molecule has 3 N–H and O–H groups in total. The van der Waals surface area contributed by atoms with Gasteiger partial charge in [0.1, 0.15) is 0 Å². The third kappa shape index (κ3) is 3.91. The Morgan fingerprint density at radius 3 is 2.67 bits per heavy atom. The Hall–Kier alpha value is -0.420. The molecule has 0 bridgehead atoms. The Morgan fingerprint density at radius 2 is 2.07 bits per heavy atom. The topological polar surface area (TPSA) is 52.5 Å². The predicted molar refractivity (Wildman–Crippen MR) is 63.7 cm³/mol. The molecule has 1 aromatic carbocycles. The Labute approximate surface area is 98.3 Å². The molecule has 0 aliphatic carbocycles. The molecule has 4 heteroatoms. The van der Waals surface area contributed by atoms with Gasteiger partial charge >= 0.3 is 0 Å². The SMILES string of the molecule is C[C@H](NC[C@H](O)CO)c1ccccc1Br. The smallest absolute Gasteiger partial charge is 0.0895 e. The van der Waals surface area contributed by atoms with E-state index < -0.39 is 6.10 Å². The van der Waals surface area contributed by atoms with Crippen molar-refractivity contribution in [3.05, 3.63) is 34.3 Å². The first-order valence-electron chi connectivity index (χ1n) is 4.92. The molecule has 0 unspecified atom stereocenters. The summed E-state index contributed by atoms with van der Waals surface area (Å²) >= 11 is 3.47. The lowest BCUT2D eigenvalue weighted by Crippen LogP contribution is -2.31. The van der Waals surface area contributed by atoms with Crippen LogP contribution in [0.5, 0.6) is 0 Å². The van der Waals surface area contributed by atoms with Crippen molar-refractivity contribution in [3.8, 4) is 0 Å². The van der Waals surface area contributed by atoms with E-state index in [1.54, 1.807) is 0 Å². The molecule has 3 nitrogen and oxygen atoms in total. The lowest BCUT2D eigenvalue weighted by atomic mass is 10.1. The van der Waals surface area contributed by atoms with E-state index in [0.717, 1.165) is 10.0 Å². The van der Waals surface area contributed by atoms with Gasteiger partial charge in [0.25, 0.3) is 0 Å². The molecule has 0 aromatic heterocycles. The van der Waals surface area contributed by atoms with Gasteiger partial charge in [0.05, 0.1) is 12.7 Å². The molecule has 1 rings (SSSR count). The van der Waals surface area contributed by atoms with E-state index in [1.807, 2.05) is 31.2 Å². The van der Waals surface area contributed by atoms with Gasteiger partial charge in [-0.1, -0.05) is 34.1 Å². The quantitative estimate of drug-likeness (QED) is 0.761. The molecule has 0 heterocycles. The fourth-order valence-corrected chi connectivity index (χ4v) is 1.94. The van der Waals surface area contributed by atoms with E-state index in [2.05, 4.69) is 21.2 Å². The molecule has 0 saturated heterocycles. The Kier molecular flexibility index (Phi) is 5.25. The maximum Gasteiger partial charge on any atom is 0.0895 e. The third-order valence-electron chi connectivity index (χ3n) is 2.24. The van der Waals surface area contributed by atoms with E-state index in [-0.39, 0.29) is 12.6 Å². The number of aliphatic hydroxyl groups is 2. The van der Waals surface area contributed by atoms with E-state index in [9.17, 15) is 5.11 Å². The number of hydrogen-bond acceptors (Lipinski definition) is 3. The fourth-order valence-electron chi connectivity index (χ4n) is 1.31. The van der Waals surface area contributed by atoms with Gasteiger partial charge in [0.15, 0.2) is 0 Å². The maximum atomic E-state index is 9.20. The van der Waals surface area contributed by atoms with Gasteiger partial charge in [-0.2, -0.15) is 0 Å². The molecule has 0 aliphatic rings. The van der Waals surface area contributed by atoms with Gasteiger partial charge in [0, 0.05) is 17.1 Å². The first kappa shape index (κ1) is 12.6. The summed E-state index contributed by atoms with van der Waals surface area (Å²) in [4.78, 5) is 0. The van der Waals surface area contributed by atoms with Crippen LogP contribution in [0.1, 0.15) is 18.5 Å². The molecule has 2 atom stereocenters. The van der Waals surface area contributed by atoms with E-state index >= 15 is 0 Å². The van der Waals surface area contributed by atoms with Crippen molar-refractivity contribution in [3.63, 3.8) is 0 Å². The first-order chi connectivity index (χ1) is 7.15. The summed E-state index contributed by atoms with van der Waals surface area (Å²) in [6.07, 6.45) is -0.699. The molecule has 84 valence electrons. The molecule has 15 heavy (non-hydrogen) atoms. The summed E-state index contributed by atoms with van der Waals surface area (Å²) in [5, 5.41) is 21.0. The van der Waals surface area contributed by atoms with Gasteiger partial charge in [-0.25, -0.2) is 0 Å². The van der Waals surface area contributed by atoms with Crippen LogP contribution in [0.4, 0.5) is 0 Å². The Bertz CT molecular complexity index is 306. The summed E-state index contributed by atoms with van der Waals surface area (Å²) < 4.78 is 1.04. The van der Waals surface area contributed by atoms with Crippen LogP contribution in [0, 0.1) is 0 Å². The van der Waals surface area contributed by atoms with Gasteiger partial charge in [-0.3, -0.25) is 0 Å². The minimum atomic E-state index is -0.699. The number of hydrogen-bond donors (Lipinski definition) is 3. The lowest BCUT2D eigenvalue weighted by Gasteiger charge is -2.17. The summed E-state index contributed by atoms with van der Waals surface area (Å²) in [5.74, 6) is 0. The van der Waals surface area contributed by atoms with Crippen LogP contribution in [0.15, 0.2) is 28.7 Å². The van der Waals surface area contributed by atoms with Gasteiger partial charge in [0.2, 0.25) is 0 Å². The van der Waals surface area contributed by atoms with Crippen molar-refractivity contribution in [2.24, 2.45) is 0 Å². The second-order valence-corrected chi connectivity index (χ2v) is 4.34. The second-order valence-electron chi connectivity index (χ2n) is 3.49. The monoisotopic (exact) mass is 273 g/mol. The van der Waals surface area contributed by atoms with Crippen molar-refractivity contribution in [1.82, 2.24) is 5.32 Å². The van der Waals surface area contributed by atoms with E-state index in [4.69, 9.17) is 5.11 Å². The maximum absolute atomic E-state index is 9.20. The molecular formula is C11H16BrNO2. The highest BCUT2D eigenvalue weighted by atomic mass is 79.9. The van der Waals surface area contributed by atoms with Crippen molar-refractivity contribution < 1.29 is 10.2 Å². The van der Waals surface area contributed by atoms with Gasteiger partial charge < -0.3 is 15.5 Å².